The Morgan fingerprint density at radius 3 is 2.23 bits per heavy atom. The molecular weight excluding hydrogens is 523 g/mol. The van der Waals surface area contributed by atoms with E-state index in [1.165, 1.54) is 9.80 Å². The van der Waals surface area contributed by atoms with Gasteiger partial charge in [-0.1, -0.05) is 65.1 Å². The smallest absolute Gasteiger partial charge is 0.411 e. The first-order valence-electron chi connectivity index (χ1n) is 11.0. The van der Waals surface area contributed by atoms with Gasteiger partial charge in [-0.15, -0.1) is 0 Å². The van der Waals surface area contributed by atoms with E-state index in [-0.39, 0.29) is 45.0 Å². The van der Waals surface area contributed by atoms with Gasteiger partial charge in [0.2, 0.25) is 9.70 Å². The fourth-order valence-electron chi connectivity index (χ4n) is 3.18. The second kappa shape index (κ2) is 12.6. The van der Waals surface area contributed by atoms with Crippen molar-refractivity contribution in [2.24, 2.45) is 0 Å². The molecule has 9 nitrogen and oxygen atoms in total. The van der Waals surface area contributed by atoms with Gasteiger partial charge in [0.15, 0.2) is 6.04 Å². The number of hydrogen-bond acceptors (Lipinski definition) is 7. The molecule has 1 saturated heterocycles. The third-order valence-electron chi connectivity index (χ3n) is 4.80. The van der Waals surface area contributed by atoms with Crippen LogP contribution < -0.4 is 0 Å². The molecule has 1 aliphatic heterocycles. The minimum absolute atomic E-state index is 0.0152. The zero-order valence-corrected chi connectivity index (χ0v) is 22.1. The van der Waals surface area contributed by atoms with Crippen molar-refractivity contribution in [1.29, 1.82) is 0 Å². The van der Waals surface area contributed by atoms with Crippen molar-refractivity contribution in [3.8, 4) is 0 Å². The molecule has 1 atom stereocenters. The van der Waals surface area contributed by atoms with Crippen molar-refractivity contribution >= 4 is 58.7 Å². The van der Waals surface area contributed by atoms with E-state index in [0.717, 1.165) is 5.56 Å². The molecule has 0 aromatic heterocycles. The van der Waals surface area contributed by atoms with Crippen LogP contribution in [-0.2, 0) is 35.2 Å². The van der Waals surface area contributed by atoms with E-state index < -0.39 is 40.1 Å². The molecule has 1 aliphatic rings. The summed E-state index contributed by atoms with van der Waals surface area (Å²) in [6, 6.07) is 8.01. The molecule has 1 heterocycles. The highest BCUT2D eigenvalue weighted by molar-refractivity contribution is 6.67. The molecule has 0 unspecified atom stereocenters. The van der Waals surface area contributed by atoms with Gasteiger partial charge in [0.05, 0.1) is 13.0 Å². The van der Waals surface area contributed by atoms with Gasteiger partial charge < -0.3 is 19.1 Å². The molecule has 1 fully saturated rings. The summed E-state index contributed by atoms with van der Waals surface area (Å²) in [5.74, 6) is -1.75. The van der Waals surface area contributed by atoms with Crippen LogP contribution in [-0.4, -0.2) is 75.4 Å². The van der Waals surface area contributed by atoms with Gasteiger partial charge in [-0.3, -0.25) is 14.5 Å². The van der Waals surface area contributed by atoms with Crippen molar-refractivity contribution < 1.29 is 33.4 Å². The minimum Gasteiger partial charge on any atom is -0.461 e. The zero-order chi connectivity index (χ0) is 26.2. The van der Waals surface area contributed by atoms with E-state index in [0.29, 0.717) is 0 Å². The summed E-state index contributed by atoms with van der Waals surface area (Å²) >= 11 is 16.6. The summed E-state index contributed by atoms with van der Waals surface area (Å²) in [6.45, 7) is 4.84. The maximum Gasteiger partial charge on any atom is 0.411 e. The maximum absolute atomic E-state index is 12.9. The van der Waals surface area contributed by atoms with Crippen LogP contribution in [0, 0.1) is 0 Å². The Morgan fingerprint density at radius 2 is 1.63 bits per heavy atom. The third kappa shape index (κ3) is 10.5. The molecule has 35 heavy (non-hydrogen) atoms. The Labute approximate surface area is 219 Å². The molecule has 1 aromatic carbocycles. The van der Waals surface area contributed by atoms with Crippen LogP contribution >= 0.6 is 34.8 Å². The molecular formula is C23H29Cl3N2O7. The fourth-order valence-corrected chi connectivity index (χ4v) is 3.34. The van der Waals surface area contributed by atoms with E-state index in [9.17, 15) is 19.2 Å². The van der Waals surface area contributed by atoms with Gasteiger partial charge in [-0.25, -0.2) is 9.59 Å². The Kier molecular flexibility index (Phi) is 10.5. The fraction of sp³-hybridized carbons (Fsp3) is 0.565. The minimum atomic E-state index is -1.75. The van der Waals surface area contributed by atoms with Crippen molar-refractivity contribution in [2.45, 2.75) is 55.7 Å². The average Bonchev–Trinajstić information content (AvgIpc) is 2.78. The van der Waals surface area contributed by atoms with Crippen molar-refractivity contribution in [2.75, 3.05) is 26.2 Å². The number of hydrogen-bond donors (Lipinski definition) is 0. The van der Waals surface area contributed by atoms with Crippen molar-refractivity contribution in [1.82, 2.24) is 9.80 Å². The number of esters is 2. The Bertz CT molecular complexity index is 901. The topological polar surface area (TPSA) is 102 Å². The number of alkyl halides is 3. The summed E-state index contributed by atoms with van der Waals surface area (Å²) in [7, 11) is 0. The van der Waals surface area contributed by atoms with Crippen LogP contribution in [0.3, 0.4) is 0 Å². The number of carbonyl (C=O) groups is 4. The highest BCUT2D eigenvalue weighted by Crippen LogP contribution is 2.26. The average molecular weight is 552 g/mol. The van der Waals surface area contributed by atoms with E-state index in [1.54, 1.807) is 32.9 Å². The number of carbonyl (C=O) groups excluding carboxylic acids is 4. The largest absolute Gasteiger partial charge is 0.461 e. The number of nitrogens with zero attached hydrogens (tertiary/aromatic N) is 2. The van der Waals surface area contributed by atoms with E-state index in [1.807, 2.05) is 18.2 Å². The Morgan fingerprint density at radius 1 is 0.971 bits per heavy atom. The predicted molar refractivity (Wildman–Crippen MR) is 130 cm³/mol. The van der Waals surface area contributed by atoms with Gasteiger partial charge in [0.1, 0.15) is 18.8 Å². The summed E-state index contributed by atoms with van der Waals surface area (Å²) in [4.78, 5) is 52.9. The van der Waals surface area contributed by atoms with Crippen LogP contribution in [0.25, 0.3) is 0 Å². The SMILES string of the molecule is CC(C)(C)OC(=O)N1CCN(C(=O)CCC(=O)OCC(Cl)(Cl)Cl)C[C@H]1C(=O)OCc1ccccc1. The molecule has 0 radical (unpaired) electrons. The first-order valence-corrected chi connectivity index (χ1v) is 12.1. The molecule has 12 heteroatoms. The lowest BCUT2D eigenvalue weighted by Crippen LogP contribution is -2.60. The number of benzene rings is 1. The standard InChI is InChI=1S/C23H29Cl3N2O7/c1-22(2,3)35-21(32)28-12-11-27(18(29)9-10-19(30)34-15-23(24,25)26)13-17(28)20(31)33-14-16-7-5-4-6-8-16/h4-8,17H,9-15H2,1-3H3/t17-/m0/s1. The van der Waals surface area contributed by atoms with E-state index in [2.05, 4.69) is 0 Å². The lowest BCUT2D eigenvalue weighted by molar-refractivity contribution is -0.156. The van der Waals surface area contributed by atoms with Gasteiger partial charge in [-0.2, -0.15) is 0 Å². The molecule has 0 saturated carbocycles. The molecule has 194 valence electrons. The zero-order valence-electron chi connectivity index (χ0n) is 19.8. The van der Waals surface area contributed by atoms with Gasteiger partial charge in [0, 0.05) is 19.5 Å². The van der Waals surface area contributed by atoms with Gasteiger partial charge in [-0.05, 0) is 26.3 Å². The quantitative estimate of drug-likeness (QED) is 0.288. The number of ether oxygens (including phenoxy) is 3. The van der Waals surface area contributed by atoms with E-state index >= 15 is 0 Å². The molecule has 0 bridgehead atoms. The summed E-state index contributed by atoms with van der Waals surface area (Å²) in [5, 5.41) is 0. The van der Waals surface area contributed by atoms with Crippen LogP contribution in [0.2, 0.25) is 0 Å². The second-order valence-corrected chi connectivity index (χ2v) is 11.4. The highest BCUT2D eigenvalue weighted by Gasteiger charge is 2.40. The van der Waals surface area contributed by atoms with Gasteiger partial charge in [0.25, 0.3) is 0 Å². The molecule has 0 aliphatic carbocycles. The number of rotatable bonds is 7. The Hall–Kier alpha value is -2.23. The first-order chi connectivity index (χ1) is 16.2. The summed E-state index contributed by atoms with van der Waals surface area (Å²) < 4.78 is 13.9. The van der Waals surface area contributed by atoms with Crippen LogP contribution in [0.4, 0.5) is 4.79 Å². The first kappa shape index (κ1) is 29.0. The van der Waals surface area contributed by atoms with E-state index in [4.69, 9.17) is 49.0 Å². The van der Waals surface area contributed by atoms with Crippen LogP contribution in [0.1, 0.15) is 39.2 Å². The Balaban J connectivity index is 2.03. The lowest BCUT2D eigenvalue weighted by Gasteiger charge is -2.40. The molecule has 1 aromatic rings. The van der Waals surface area contributed by atoms with Crippen molar-refractivity contribution in [3.05, 3.63) is 35.9 Å². The highest BCUT2D eigenvalue weighted by atomic mass is 35.6. The number of amides is 2. The summed E-state index contributed by atoms with van der Waals surface area (Å²) in [6.07, 6.45) is -1.08. The number of halogens is 3. The van der Waals surface area contributed by atoms with Gasteiger partial charge >= 0.3 is 18.0 Å². The maximum atomic E-state index is 12.9. The monoisotopic (exact) mass is 550 g/mol. The second-order valence-electron chi connectivity index (χ2n) is 8.90. The number of piperazine rings is 1. The molecule has 0 N–H and O–H groups in total. The molecule has 2 rings (SSSR count). The van der Waals surface area contributed by atoms with Crippen LogP contribution in [0.5, 0.6) is 0 Å². The third-order valence-corrected chi connectivity index (χ3v) is 5.12. The normalized spacial score (nSPS) is 16.5. The molecule has 2 amide bonds. The predicted octanol–water partition coefficient (Wildman–Crippen LogP) is 3.87. The van der Waals surface area contributed by atoms with Crippen molar-refractivity contribution in [3.63, 3.8) is 0 Å². The molecule has 0 spiro atoms. The van der Waals surface area contributed by atoms with Crippen LogP contribution in [0.15, 0.2) is 30.3 Å². The summed E-state index contributed by atoms with van der Waals surface area (Å²) in [5.41, 5.74) is 0.0111. The lowest BCUT2D eigenvalue weighted by atomic mass is 10.1.